The number of methoxy groups -OCH3 is 1. The molecule has 1 amide bonds. The van der Waals surface area contributed by atoms with Gasteiger partial charge in [0.2, 0.25) is 5.91 Å². The first-order valence-corrected chi connectivity index (χ1v) is 6.50. The first-order valence-electron chi connectivity index (χ1n) is 6.50. The van der Waals surface area contributed by atoms with Crippen LogP contribution in [0.2, 0.25) is 0 Å². The maximum absolute atomic E-state index is 11.8. The van der Waals surface area contributed by atoms with Gasteiger partial charge in [0, 0.05) is 18.9 Å². The molecule has 0 saturated heterocycles. The van der Waals surface area contributed by atoms with Gasteiger partial charge in [0.1, 0.15) is 5.76 Å². The molecular weight excluding hydrogens is 248 g/mol. The lowest BCUT2D eigenvalue weighted by atomic mass is 10.00. The summed E-state index contributed by atoms with van der Waals surface area (Å²) in [5.74, 6) is 1.16. The number of aromatic nitrogens is 1. The molecule has 1 aromatic rings. The summed E-state index contributed by atoms with van der Waals surface area (Å²) in [6, 6.07) is 1.47. The van der Waals surface area contributed by atoms with Crippen LogP contribution in [0.1, 0.15) is 32.4 Å². The predicted octanol–water partition coefficient (Wildman–Crippen LogP) is 1.14. The van der Waals surface area contributed by atoms with Crippen molar-refractivity contribution in [3.05, 3.63) is 11.8 Å². The van der Waals surface area contributed by atoms with Crippen LogP contribution in [0.3, 0.4) is 0 Å². The van der Waals surface area contributed by atoms with Crippen molar-refractivity contribution in [3.8, 4) is 5.88 Å². The molecule has 0 radical (unpaired) electrons. The maximum Gasteiger partial charge on any atom is 0.254 e. The molecule has 0 aliphatic carbocycles. The van der Waals surface area contributed by atoms with E-state index in [2.05, 4.69) is 10.5 Å². The Morgan fingerprint density at radius 1 is 1.63 bits per heavy atom. The Bertz CT molecular complexity index is 392. The third kappa shape index (κ3) is 4.90. The van der Waals surface area contributed by atoms with Gasteiger partial charge in [-0.1, -0.05) is 20.3 Å². The van der Waals surface area contributed by atoms with E-state index in [0.717, 1.165) is 6.42 Å². The van der Waals surface area contributed by atoms with Gasteiger partial charge in [0.25, 0.3) is 5.88 Å². The van der Waals surface area contributed by atoms with Crippen molar-refractivity contribution >= 4 is 5.91 Å². The normalized spacial score (nSPS) is 13.9. The second kappa shape index (κ2) is 7.78. The maximum atomic E-state index is 11.8. The Morgan fingerprint density at radius 3 is 2.89 bits per heavy atom. The van der Waals surface area contributed by atoms with Crippen LogP contribution in [0, 0.1) is 5.92 Å². The van der Waals surface area contributed by atoms with E-state index in [1.807, 2.05) is 13.8 Å². The van der Waals surface area contributed by atoms with E-state index in [-0.39, 0.29) is 24.5 Å². The smallest absolute Gasteiger partial charge is 0.254 e. The molecule has 6 heteroatoms. The minimum absolute atomic E-state index is 0.0448. The first-order chi connectivity index (χ1) is 9.10. The molecular formula is C13H22N2O4. The average Bonchev–Trinajstić information content (AvgIpc) is 2.89. The Labute approximate surface area is 113 Å². The molecule has 0 unspecified atom stereocenters. The highest BCUT2D eigenvalue weighted by atomic mass is 16.5. The van der Waals surface area contributed by atoms with E-state index in [1.165, 1.54) is 7.11 Å². The van der Waals surface area contributed by atoms with Crippen LogP contribution in [0.15, 0.2) is 10.6 Å². The highest BCUT2D eigenvalue weighted by molar-refractivity contribution is 5.76. The van der Waals surface area contributed by atoms with Crippen molar-refractivity contribution in [2.75, 3.05) is 13.7 Å². The van der Waals surface area contributed by atoms with Gasteiger partial charge in [-0.05, 0) is 11.1 Å². The summed E-state index contributed by atoms with van der Waals surface area (Å²) < 4.78 is 9.89. The molecule has 1 aromatic heterocycles. The van der Waals surface area contributed by atoms with E-state index in [9.17, 15) is 9.90 Å². The lowest BCUT2D eigenvalue weighted by Gasteiger charge is -2.21. The summed E-state index contributed by atoms with van der Waals surface area (Å²) in [7, 11) is 1.51. The van der Waals surface area contributed by atoms with Crippen molar-refractivity contribution in [2.45, 2.75) is 39.2 Å². The minimum atomic E-state index is -0.193. The summed E-state index contributed by atoms with van der Waals surface area (Å²) in [6.07, 6.45) is 1.66. The number of amides is 1. The summed E-state index contributed by atoms with van der Waals surface area (Å²) in [6.45, 7) is 3.99. The molecule has 1 heterocycles. The number of aliphatic hydroxyl groups is 1. The topological polar surface area (TPSA) is 84.6 Å². The van der Waals surface area contributed by atoms with Crippen LogP contribution in [0.4, 0.5) is 0 Å². The van der Waals surface area contributed by atoms with Crippen LogP contribution >= 0.6 is 0 Å². The van der Waals surface area contributed by atoms with Crippen molar-refractivity contribution in [3.63, 3.8) is 0 Å². The standard InChI is InChI=1S/C13H22N2O4/c1-4-9(2)11(8-16)14-12(17)6-5-10-7-13(18-3)15-19-10/h7,9,11,16H,4-6,8H2,1-3H3,(H,14,17)/t9-,11-/m1/s1. The van der Waals surface area contributed by atoms with Crippen LogP contribution < -0.4 is 10.1 Å². The Morgan fingerprint density at radius 2 is 2.37 bits per heavy atom. The molecule has 0 aliphatic heterocycles. The summed E-state index contributed by atoms with van der Waals surface area (Å²) in [4.78, 5) is 11.8. The fraction of sp³-hybridized carbons (Fsp3) is 0.692. The van der Waals surface area contributed by atoms with Gasteiger partial charge in [0.05, 0.1) is 19.8 Å². The number of rotatable bonds is 8. The molecule has 0 fully saturated rings. The lowest BCUT2D eigenvalue weighted by Crippen LogP contribution is -2.41. The fourth-order valence-electron chi connectivity index (χ4n) is 1.68. The Hall–Kier alpha value is -1.56. The number of nitrogens with zero attached hydrogens (tertiary/aromatic N) is 1. The van der Waals surface area contributed by atoms with Gasteiger partial charge in [-0.3, -0.25) is 4.79 Å². The lowest BCUT2D eigenvalue weighted by molar-refractivity contribution is -0.122. The monoisotopic (exact) mass is 270 g/mol. The number of carbonyl (C=O) groups excluding carboxylic acids is 1. The molecule has 19 heavy (non-hydrogen) atoms. The third-order valence-electron chi connectivity index (χ3n) is 3.22. The molecule has 1 rings (SSSR count). The molecule has 108 valence electrons. The van der Waals surface area contributed by atoms with Gasteiger partial charge in [0.15, 0.2) is 0 Å². The molecule has 2 N–H and O–H groups in total. The van der Waals surface area contributed by atoms with Crippen molar-refractivity contribution in [1.29, 1.82) is 0 Å². The largest absolute Gasteiger partial charge is 0.479 e. The zero-order valence-electron chi connectivity index (χ0n) is 11.7. The molecule has 0 aromatic carbocycles. The van der Waals surface area contributed by atoms with Crippen molar-refractivity contribution in [1.82, 2.24) is 10.5 Å². The van der Waals surface area contributed by atoms with E-state index in [1.54, 1.807) is 6.07 Å². The number of aryl methyl sites for hydroxylation is 1. The van der Waals surface area contributed by atoms with E-state index >= 15 is 0 Å². The van der Waals surface area contributed by atoms with E-state index in [4.69, 9.17) is 9.26 Å². The zero-order valence-corrected chi connectivity index (χ0v) is 11.7. The van der Waals surface area contributed by atoms with Crippen molar-refractivity contribution in [2.24, 2.45) is 5.92 Å². The average molecular weight is 270 g/mol. The molecule has 0 bridgehead atoms. The molecule has 0 spiro atoms. The molecule has 6 nitrogen and oxygen atoms in total. The SMILES string of the molecule is CC[C@@H](C)[C@@H](CO)NC(=O)CCc1cc(OC)no1. The highest BCUT2D eigenvalue weighted by Gasteiger charge is 2.17. The summed E-state index contributed by atoms with van der Waals surface area (Å²) >= 11 is 0. The van der Waals surface area contributed by atoms with E-state index < -0.39 is 0 Å². The van der Waals surface area contributed by atoms with Gasteiger partial charge in [-0.25, -0.2) is 0 Å². The quantitative estimate of drug-likeness (QED) is 0.740. The van der Waals surface area contributed by atoms with Crippen LogP contribution in [-0.4, -0.2) is 35.9 Å². The van der Waals surface area contributed by atoms with E-state index in [0.29, 0.717) is 24.5 Å². The molecule has 0 aliphatic rings. The number of carbonyl (C=O) groups is 1. The number of hydrogen-bond acceptors (Lipinski definition) is 5. The van der Waals surface area contributed by atoms with Crippen LogP contribution in [0.25, 0.3) is 0 Å². The summed E-state index contributed by atoms with van der Waals surface area (Å²) in [5, 5.41) is 15.7. The third-order valence-corrected chi connectivity index (χ3v) is 3.22. The first kappa shape index (κ1) is 15.5. The predicted molar refractivity (Wildman–Crippen MR) is 69.8 cm³/mol. The zero-order chi connectivity index (χ0) is 14.3. The van der Waals surface area contributed by atoms with Crippen molar-refractivity contribution < 1.29 is 19.2 Å². The Kier molecular flexibility index (Phi) is 6.35. The van der Waals surface area contributed by atoms with Gasteiger partial charge in [-0.2, -0.15) is 0 Å². The fourth-order valence-corrected chi connectivity index (χ4v) is 1.68. The van der Waals surface area contributed by atoms with Crippen LogP contribution in [-0.2, 0) is 11.2 Å². The number of aliphatic hydroxyl groups excluding tert-OH is 1. The Balaban J connectivity index is 2.38. The summed E-state index contributed by atoms with van der Waals surface area (Å²) in [5.41, 5.74) is 0. The number of ether oxygens (including phenoxy) is 1. The number of hydrogen-bond donors (Lipinski definition) is 2. The second-order valence-corrected chi connectivity index (χ2v) is 4.58. The molecule has 0 saturated carbocycles. The molecule has 2 atom stereocenters. The van der Waals surface area contributed by atoms with Gasteiger partial charge < -0.3 is 19.7 Å². The van der Waals surface area contributed by atoms with Gasteiger partial charge >= 0.3 is 0 Å². The number of nitrogens with one attached hydrogen (secondary N) is 1. The second-order valence-electron chi connectivity index (χ2n) is 4.58. The van der Waals surface area contributed by atoms with Crippen LogP contribution in [0.5, 0.6) is 5.88 Å². The van der Waals surface area contributed by atoms with Gasteiger partial charge in [-0.15, -0.1) is 0 Å². The minimum Gasteiger partial charge on any atom is -0.479 e. The highest BCUT2D eigenvalue weighted by Crippen LogP contribution is 2.12.